The number of nitrogens with zero attached hydrogens (tertiary/aromatic N) is 1. The first-order chi connectivity index (χ1) is 15.9. The number of methoxy groups -OCH3 is 1. The summed E-state index contributed by atoms with van der Waals surface area (Å²) in [6.45, 7) is 2.31. The standard InChI is InChI=1S/C25H27N3O4S/c1-17-22(24(30)32-16-15-31-3)23(27-25(33)28(17)2)19-10-12-20(13-11-19)26-21(29)14-9-18-7-5-4-6-8-18/h4-14,23H,15-16H2,1-3H3,(H,26,29)(H,27,33)/b14-9+/t23-/m1/s1. The van der Waals surface area contributed by atoms with Gasteiger partial charge in [-0.2, -0.15) is 0 Å². The molecule has 0 unspecified atom stereocenters. The van der Waals surface area contributed by atoms with Crippen LogP contribution in [0.2, 0.25) is 0 Å². The molecule has 2 aromatic rings. The summed E-state index contributed by atoms with van der Waals surface area (Å²) in [6.07, 6.45) is 3.24. The van der Waals surface area contributed by atoms with Gasteiger partial charge in [0.15, 0.2) is 5.11 Å². The molecule has 172 valence electrons. The molecule has 33 heavy (non-hydrogen) atoms. The highest BCUT2D eigenvalue weighted by atomic mass is 32.1. The Morgan fingerprint density at radius 3 is 2.48 bits per heavy atom. The van der Waals surface area contributed by atoms with Crippen LogP contribution in [-0.2, 0) is 19.1 Å². The fourth-order valence-corrected chi connectivity index (χ4v) is 3.58. The van der Waals surface area contributed by atoms with Crippen LogP contribution in [0.25, 0.3) is 6.08 Å². The van der Waals surface area contributed by atoms with E-state index in [4.69, 9.17) is 21.7 Å². The SMILES string of the molecule is COCCOC(=O)C1=C(C)N(C)C(=S)N[C@@H]1c1ccc(NC(=O)/C=C/c2ccccc2)cc1. The summed E-state index contributed by atoms with van der Waals surface area (Å²) in [6, 6.07) is 16.4. The van der Waals surface area contributed by atoms with Gasteiger partial charge in [-0.25, -0.2) is 4.79 Å². The first kappa shape index (κ1) is 24.2. The number of thiocarbonyl (C=S) groups is 1. The van der Waals surface area contributed by atoms with Gasteiger partial charge in [0.05, 0.1) is 18.2 Å². The van der Waals surface area contributed by atoms with E-state index in [-0.39, 0.29) is 12.5 Å². The molecule has 1 heterocycles. The lowest BCUT2D eigenvalue weighted by atomic mass is 9.95. The lowest BCUT2D eigenvalue weighted by Gasteiger charge is -2.35. The molecule has 7 nitrogen and oxygen atoms in total. The van der Waals surface area contributed by atoms with Gasteiger partial charge in [0.25, 0.3) is 0 Å². The monoisotopic (exact) mass is 465 g/mol. The maximum Gasteiger partial charge on any atom is 0.338 e. The van der Waals surface area contributed by atoms with Crippen molar-refractivity contribution >= 4 is 41.0 Å². The molecular formula is C25H27N3O4S. The van der Waals surface area contributed by atoms with Gasteiger partial charge in [0, 0.05) is 31.6 Å². The highest BCUT2D eigenvalue weighted by Crippen LogP contribution is 2.31. The lowest BCUT2D eigenvalue weighted by molar-refractivity contribution is -0.140. The van der Waals surface area contributed by atoms with Gasteiger partial charge in [-0.15, -0.1) is 0 Å². The summed E-state index contributed by atoms with van der Waals surface area (Å²) in [5.74, 6) is -0.664. The minimum atomic E-state index is -0.466. The summed E-state index contributed by atoms with van der Waals surface area (Å²) in [7, 11) is 3.35. The Kier molecular flexibility index (Phi) is 8.34. The maximum absolute atomic E-state index is 12.8. The van der Waals surface area contributed by atoms with Gasteiger partial charge >= 0.3 is 5.97 Å². The second-order valence-electron chi connectivity index (χ2n) is 7.42. The van der Waals surface area contributed by atoms with Crippen LogP contribution >= 0.6 is 12.2 Å². The number of hydrogen-bond acceptors (Lipinski definition) is 5. The summed E-state index contributed by atoms with van der Waals surface area (Å²) >= 11 is 5.42. The third-order valence-corrected chi connectivity index (χ3v) is 5.62. The highest BCUT2D eigenvalue weighted by Gasteiger charge is 2.33. The zero-order valence-corrected chi connectivity index (χ0v) is 19.6. The van der Waals surface area contributed by atoms with E-state index in [0.717, 1.165) is 16.8 Å². The Hall–Kier alpha value is -3.49. The van der Waals surface area contributed by atoms with Crippen LogP contribution in [0.1, 0.15) is 24.1 Å². The molecule has 1 aliphatic rings. The fraction of sp³-hybridized carbons (Fsp3) is 0.240. The van der Waals surface area contributed by atoms with E-state index >= 15 is 0 Å². The second-order valence-corrected chi connectivity index (χ2v) is 7.81. The zero-order valence-electron chi connectivity index (χ0n) is 18.8. The Balaban J connectivity index is 1.74. The van der Waals surface area contributed by atoms with Crippen LogP contribution in [0.15, 0.2) is 71.9 Å². The van der Waals surface area contributed by atoms with E-state index in [1.165, 1.54) is 6.08 Å². The van der Waals surface area contributed by atoms with Crippen molar-refractivity contribution in [3.63, 3.8) is 0 Å². The van der Waals surface area contributed by atoms with E-state index in [2.05, 4.69) is 10.6 Å². The van der Waals surface area contributed by atoms with Crippen molar-refractivity contribution in [1.82, 2.24) is 10.2 Å². The van der Waals surface area contributed by atoms with Gasteiger partial charge in [-0.1, -0.05) is 42.5 Å². The number of anilines is 1. The Morgan fingerprint density at radius 1 is 1.12 bits per heavy atom. The molecule has 2 aromatic carbocycles. The number of allylic oxidation sites excluding steroid dienone is 1. The predicted octanol–water partition coefficient (Wildman–Crippen LogP) is 3.66. The molecule has 0 saturated carbocycles. The number of carbonyl (C=O) groups excluding carboxylic acids is 2. The lowest BCUT2D eigenvalue weighted by Crippen LogP contribution is -2.46. The molecule has 1 amide bonds. The minimum Gasteiger partial charge on any atom is -0.460 e. The van der Waals surface area contributed by atoms with Crippen LogP contribution in [0, 0.1) is 0 Å². The van der Waals surface area contributed by atoms with Crippen LogP contribution in [0.3, 0.4) is 0 Å². The summed E-state index contributed by atoms with van der Waals surface area (Å²) in [4.78, 5) is 26.8. The number of esters is 1. The largest absolute Gasteiger partial charge is 0.460 e. The van der Waals surface area contributed by atoms with Crippen LogP contribution in [-0.4, -0.2) is 49.3 Å². The van der Waals surface area contributed by atoms with E-state index in [1.54, 1.807) is 37.3 Å². The molecule has 0 saturated heterocycles. The molecule has 0 aliphatic carbocycles. The zero-order chi connectivity index (χ0) is 23.8. The number of benzene rings is 2. The number of carbonyl (C=O) groups is 2. The predicted molar refractivity (Wildman–Crippen MR) is 132 cm³/mol. The number of ether oxygens (including phenoxy) is 2. The average molecular weight is 466 g/mol. The molecular weight excluding hydrogens is 438 g/mol. The normalized spacial score (nSPS) is 16.0. The molecule has 0 radical (unpaired) electrons. The second kappa shape index (κ2) is 11.4. The van der Waals surface area contributed by atoms with Gasteiger partial charge in [0.2, 0.25) is 5.91 Å². The molecule has 2 N–H and O–H groups in total. The van der Waals surface area contributed by atoms with Gasteiger partial charge in [0.1, 0.15) is 6.61 Å². The quantitative estimate of drug-likeness (QED) is 0.267. The molecule has 3 rings (SSSR count). The van der Waals surface area contributed by atoms with E-state index in [9.17, 15) is 9.59 Å². The number of amides is 1. The van der Waals surface area contributed by atoms with E-state index in [0.29, 0.717) is 23.0 Å². The first-order valence-electron chi connectivity index (χ1n) is 10.5. The van der Waals surface area contributed by atoms with Crippen molar-refractivity contribution in [1.29, 1.82) is 0 Å². The van der Waals surface area contributed by atoms with E-state index in [1.807, 2.05) is 49.4 Å². The molecule has 1 aliphatic heterocycles. The third kappa shape index (κ3) is 6.27. The van der Waals surface area contributed by atoms with Crippen LogP contribution < -0.4 is 10.6 Å². The highest BCUT2D eigenvalue weighted by molar-refractivity contribution is 7.80. The molecule has 8 heteroatoms. The molecule has 1 atom stereocenters. The topological polar surface area (TPSA) is 79.9 Å². The van der Waals surface area contributed by atoms with Crippen LogP contribution in [0.4, 0.5) is 5.69 Å². The molecule has 0 aromatic heterocycles. The number of nitrogens with one attached hydrogen (secondary N) is 2. The van der Waals surface area contributed by atoms with Crippen molar-refractivity contribution in [2.45, 2.75) is 13.0 Å². The molecule has 0 fully saturated rings. The Bertz CT molecular complexity index is 1060. The fourth-order valence-electron chi connectivity index (χ4n) is 3.32. The van der Waals surface area contributed by atoms with Crippen molar-refractivity contribution in [2.24, 2.45) is 0 Å². The first-order valence-corrected chi connectivity index (χ1v) is 10.9. The molecule has 0 bridgehead atoms. The summed E-state index contributed by atoms with van der Waals surface area (Å²) in [5, 5.41) is 6.55. The van der Waals surface area contributed by atoms with Gasteiger partial charge < -0.3 is 25.0 Å². The van der Waals surface area contributed by atoms with Gasteiger partial charge in [-0.3, -0.25) is 4.79 Å². The Morgan fingerprint density at radius 2 is 1.82 bits per heavy atom. The summed E-state index contributed by atoms with van der Waals surface area (Å²) < 4.78 is 10.3. The maximum atomic E-state index is 12.8. The van der Waals surface area contributed by atoms with Crippen molar-refractivity contribution in [2.75, 3.05) is 32.7 Å². The van der Waals surface area contributed by atoms with Gasteiger partial charge in [-0.05, 0) is 48.5 Å². The average Bonchev–Trinajstić information content (AvgIpc) is 2.82. The van der Waals surface area contributed by atoms with Crippen molar-refractivity contribution < 1.29 is 19.1 Å². The van der Waals surface area contributed by atoms with Crippen molar-refractivity contribution in [3.05, 3.63) is 83.1 Å². The van der Waals surface area contributed by atoms with Crippen molar-refractivity contribution in [3.8, 4) is 0 Å². The summed E-state index contributed by atoms with van der Waals surface area (Å²) in [5.41, 5.74) is 3.60. The minimum absolute atomic E-state index is 0.161. The number of hydrogen-bond donors (Lipinski definition) is 2. The third-order valence-electron chi connectivity index (χ3n) is 5.23. The smallest absolute Gasteiger partial charge is 0.338 e. The van der Waals surface area contributed by atoms with E-state index < -0.39 is 12.0 Å². The molecule has 0 spiro atoms. The van der Waals surface area contributed by atoms with Crippen LogP contribution in [0.5, 0.6) is 0 Å². The Labute approximate surface area is 199 Å². The number of rotatable bonds is 8.